The van der Waals surface area contributed by atoms with Crippen molar-refractivity contribution in [2.75, 3.05) is 12.4 Å². The molecule has 2 aliphatic rings. The molecule has 0 bridgehead atoms. The first kappa shape index (κ1) is 25.1. The van der Waals surface area contributed by atoms with Gasteiger partial charge in [-0.3, -0.25) is 14.5 Å². The molecule has 12 nitrogen and oxygen atoms in total. The van der Waals surface area contributed by atoms with E-state index in [4.69, 9.17) is 4.74 Å². The van der Waals surface area contributed by atoms with E-state index in [1.807, 2.05) is 0 Å². The molecule has 1 unspecified atom stereocenters. The maximum Gasteiger partial charge on any atom is 0.413 e. The van der Waals surface area contributed by atoms with Gasteiger partial charge in [0.15, 0.2) is 0 Å². The van der Waals surface area contributed by atoms with Crippen molar-refractivity contribution >= 4 is 41.6 Å². The first-order valence-corrected chi connectivity index (χ1v) is 11.3. The molecule has 3 rings (SSSR count). The van der Waals surface area contributed by atoms with Crippen molar-refractivity contribution in [3.8, 4) is 5.75 Å². The number of carbonyl (C=O) groups is 5. The fourth-order valence-electron chi connectivity index (χ4n) is 3.54. The minimum atomic E-state index is -1.33. The number of fused-ring (bicyclic) bond motifs is 1. The van der Waals surface area contributed by atoms with Crippen molar-refractivity contribution in [1.29, 1.82) is 0 Å². The number of thioether (sulfide) groups is 1. The number of carbonyl (C=O) groups excluding carboxylic acids is 3. The predicted octanol–water partition coefficient (Wildman–Crippen LogP) is 0.129. The highest BCUT2D eigenvalue weighted by atomic mass is 32.2. The first-order valence-electron chi connectivity index (χ1n) is 10.3. The van der Waals surface area contributed by atoms with E-state index >= 15 is 0 Å². The third-order valence-corrected chi connectivity index (χ3v) is 6.54. The number of aliphatic carboxylic acids is 2. The largest absolute Gasteiger partial charge is 0.480 e. The Morgan fingerprint density at radius 1 is 1.18 bits per heavy atom. The molecule has 1 aromatic rings. The van der Waals surface area contributed by atoms with Crippen LogP contribution in [0.15, 0.2) is 41.6 Å². The summed E-state index contributed by atoms with van der Waals surface area (Å²) in [5.41, 5.74) is -0.0376. The number of benzene rings is 1. The van der Waals surface area contributed by atoms with E-state index < -0.39 is 53.9 Å². The Bertz CT molecular complexity index is 1010. The number of β-lactam (4-membered cyclic amide) rings is 1. The molecule has 0 saturated carbocycles. The van der Waals surface area contributed by atoms with Gasteiger partial charge in [0.25, 0.3) is 5.91 Å². The number of nitrogens with one attached hydrogen (secondary N) is 2. The molecule has 1 aromatic carbocycles. The van der Waals surface area contributed by atoms with Crippen LogP contribution in [0.5, 0.6) is 5.75 Å². The molecule has 2 heterocycles. The van der Waals surface area contributed by atoms with Crippen LogP contribution in [0.4, 0.5) is 4.79 Å². The number of aliphatic hydroxyl groups is 1. The first-order chi connectivity index (χ1) is 16.2. The fourth-order valence-corrected chi connectivity index (χ4v) is 4.88. The topological polar surface area (TPSA) is 183 Å². The minimum absolute atomic E-state index is 0.0542. The summed E-state index contributed by atoms with van der Waals surface area (Å²) in [4.78, 5) is 60.6. The molecular formula is C21H23N3O9S. The van der Waals surface area contributed by atoms with Crippen LogP contribution < -0.4 is 15.4 Å². The Kier molecular flexibility index (Phi) is 8.12. The van der Waals surface area contributed by atoms with Crippen LogP contribution in [-0.4, -0.2) is 79.9 Å². The van der Waals surface area contributed by atoms with E-state index in [0.29, 0.717) is 0 Å². The third kappa shape index (κ3) is 5.66. The van der Waals surface area contributed by atoms with Crippen LogP contribution >= 0.6 is 11.8 Å². The van der Waals surface area contributed by atoms with E-state index in [1.54, 1.807) is 18.2 Å². The Labute approximate surface area is 197 Å². The van der Waals surface area contributed by atoms with Crippen molar-refractivity contribution < 1.29 is 44.0 Å². The van der Waals surface area contributed by atoms with Crippen LogP contribution in [0.1, 0.15) is 19.3 Å². The van der Waals surface area contributed by atoms with Gasteiger partial charge >= 0.3 is 18.0 Å². The van der Waals surface area contributed by atoms with Gasteiger partial charge < -0.3 is 30.7 Å². The Morgan fingerprint density at radius 2 is 1.88 bits per heavy atom. The summed E-state index contributed by atoms with van der Waals surface area (Å²) in [6.45, 7) is -0.486. The van der Waals surface area contributed by atoms with Gasteiger partial charge in [0, 0.05) is 12.2 Å². The zero-order valence-corrected chi connectivity index (χ0v) is 18.6. The Balaban J connectivity index is 1.47. The van der Waals surface area contributed by atoms with Gasteiger partial charge in [-0.1, -0.05) is 18.2 Å². The molecular weight excluding hydrogens is 470 g/mol. The summed E-state index contributed by atoms with van der Waals surface area (Å²) in [6.07, 6.45) is -1.00. The molecule has 0 spiro atoms. The lowest BCUT2D eigenvalue weighted by Gasteiger charge is -2.49. The molecule has 0 aliphatic carbocycles. The van der Waals surface area contributed by atoms with Crippen LogP contribution in [-0.2, 0) is 19.2 Å². The Hall–Kier alpha value is -3.58. The molecule has 13 heteroatoms. The van der Waals surface area contributed by atoms with Gasteiger partial charge in [-0.05, 0) is 30.5 Å². The fraction of sp³-hybridized carbons (Fsp3) is 0.381. The van der Waals surface area contributed by atoms with Crippen molar-refractivity contribution in [3.63, 3.8) is 0 Å². The van der Waals surface area contributed by atoms with Gasteiger partial charge in [0.05, 0.1) is 6.61 Å². The van der Waals surface area contributed by atoms with E-state index in [-0.39, 0.29) is 42.0 Å². The number of carboxylic acid groups (broad SMARTS) is 2. The SMILES string of the molecule is O=C(CCC[C@@H](NC(=O)Oc1ccccc1)C(=O)O)NC1C(=O)N2C(C(=O)O)=C(CO)CS[C@H]12. The monoisotopic (exact) mass is 493 g/mol. The number of carboxylic acids is 2. The summed E-state index contributed by atoms with van der Waals surface area (Å²) < 4.78 is 5.00. The van der Waals surface area contributed by atoms with E-state index in [1.165, 1.54) is 23.9 Å². The molecule has 34 heavy (non-hydrogen) atoms. The maximum atomic E-state index is 12.4. The van der Waals surface area contributed by atoms with Crippen LogP contribution in [0.3, 0.4) is 0 Å². The second-order valence-corrected chi connectivity index (χ2v) is 8.61. The minimum Gasteiger partial charge on any atom is -0.480 e. The third-order valence-electron chi connectivity index (χ3n) is 5.20. The number of nitrogens with zero attached hydrogens (tertiary/aromatic N) is 1. The summed E-state index contributed by atoms with van der Waals surface area (Å²) in [5, 5.41) is 32.2. The number of ether oxygens (including phenoxy) is 1. The molecule has 2 aliphatic heterocycles. The summed E-state index contributed by atoms with van der Waals surface area (Å²) in [7, 11) is 0. The molecule has 3 amide bonds. The van der Waals surface area contributed by atoms with Gasteiger partial charge in [-0.2, -0.15) is 0 Å². The van der Waals surface area contributed by atoms with Gasteiger partial charge in [-0.15, -0.1) is 11.8 Å². The molecule has 0 radical (unpaired) electrons. The highest BCUT2D eigenvalue weighted by Crippen LogP contribution is 2.40. The molecule has 0 aromatic heterocycles. The number of hydrogen-bond acceptors (Lipinski definition) is 8. The highest BCUT2D eigenvalue weighted by Gasteiger charge is 2.54. The Morgan fingerprint density at radius 3 is 2.50 bits per heavy atom. The van der Waals surface area contributed by atoms with Crippen molar-refractivity contribution in [1.82, 2.24) is 15.5 Å². The zero-order chi connectivity index (χ0) is 24.8. The zero-order valence-electron chi connectivity index (χ0n) is 17.8. The highest BCUT2D eigenvalue weighted by molar-refractivity contribution is 8.00. The lowest BCUT2D eigenvalue weighted by Crippen LogP contribution is -2.70. The normalized spacial score (nSPS) is 20.0. The molecule has 1 saturated heterocycles. The number of rotatable bonds is 10. The van der Waals surface area contributed by atoms with E-state index in [0.717, 1.165) is 4.90 Å². The van der Waals surface area contributed by atoms with Crippen molar-refractivity contribution in [2.24, 2.45) is 0 Å². The second kappa shape index (κ2) is 11.0. The second-order valence-electron chi connectivity index (χ2n) is 7.50. The lowest BCUT2D eigenvalue weighted by molar-refractivity contribution is -0.150. The van der Waals surface area contributed by atoms with Crippen molar-refractivity contribution in [2.45, 2.75) is 36.7 Å². The van der Waals surface area contributed by atoms with Gasteiger partial charge in [0.1, 0.15) is 28.9 Å². The van der Waals surface area contributed by atoms with Gasteiger partial charge in [0.2, 0.25) is 5.91 Å². The molecule has 1 fully saturated rings. The maximum absolute atomic E-state index is 12.4. The molecule has 182 valence electrons. The average Bonchev–Trinajstić information content (AvgIpc) is 2.81. The smallest absolute Gasteiger partial charge is 0.413 e. The number of hydrogen-bond donors (Lipinski definition) is 5. The quantitative estimate of drug-likeness (QED) is 0.281. The van der Waals surface area contributed by atoms with Crippen LogP contribution in [0.25, 0.3) is 0 Å². The van der Waals surface area contributed by atoms with E-state index in [9.17, 15) is 39.3 Å². The summed E-state index contributed by atoms with van der Waals surface area (Å²) >= 11 is 1.23. The number of para-hydroxylation sites is 1. The van der Waals surface area contributed by atoms with Crippen LogP contribution in [0.2, 0.25) is 0 Å². The van der Waals surface area contributed by atoms with Crippen molar-refractivity contribution in [3.05, 3.63) is 41.6 Å². The number of aliphatic hydroxyl groups excluding tert-OH is 1. The summed E-state index contributed by atoms with van der Waals surface area (Å²) in [6, 6.07) is 5.90. The average molecular weight is 493 g/mol. The molecule has 5 N–H and O–H groups in total. The molecule has 3 atom stereocenters. The van der Waals surface area contributed by atoms with E-state index in [2.05, 4.69) is 10.6 Å². The summed E-state index contributed by atoms with van der Waals surface area (Å²) in [5.74, 6) is -3.27. The van der Waals surface area contributed by atoms with Crippen LogP contribution in [0, 0.1) is 0 Å². The predicted molar refractivity (Wildman–Crippen MR) is 118 cm³/mol. The standard InChI is InChI=1S/C21H23N3O9S/c25-9-11-10-34-18-15(17(27)24(18)16(11)20(30)31)23-14(26)8-4-7-13(19(28)29)22-21(32)33-12-5-2-1-3-6-12/h1-3,5-6,13,15,18,25H,4,7-10H2,(H,22,32)(H,23,26)(H,28,29)(H,30,31)/t13-,15?,18-/m1/s1. The number of amides is 3. The van der Waals surface area contributed by atoms with Gasteiger partial charge in [-0.25, -0.2) is 14.4 Å². The lowest BCUT2D eigenvalue weighted by atomic mass is 10.0.